The molecule has 0 saturated carbocycles. The summed E-state index contributed by atoms with van der Waals surface area (Å²) in [5.41, 5.74) is 3.53. The molecular weight excluding hydrogens is 158 g/mol. The van der Waals surface area contributed by atoms with E-state index in [9.17, 15) is 0 Å². The average molecular weight is 167 g/mol. The van der Waals surface area contributed by atoms with Crippen LogP contribution in [0, 0.1) is 0 Å². The molecule has 1 aliphatic rings. The molecule has 2 aromatic rings. The summed E-state index contributed by atoms with van der Waals surface area (Å²) in [4.78, 5) is 4.51. The van der Waals surface area contributed by atoms with Crippen molar-refractivity contribution in [2.75, 3.05) is 0 Å². The van der Waals surface area contributed by atoms with Gasteiger partial charge < -0.3 is 0 Å². The second kappa shape index (κ2) is 2.19. The average Bonchev–Trinajstić information content (AvgIpc) is 2.47. The zero-order valence-corrected chi connectivity index (χ0v) is 7.41. The Hall–Kier alpha value is -1.63. The molecule has 62 valence electrons. The van der Waals surface area contributed by atoms with E-state index in [-0.39, 0.29) is 0 Å². The Kier molecular flexibility index (Phi) is 1.15. The molecule has 0 amide bonds. The Morgan fingerprint density at radius 1 is 1.00 bits per heavy atom. The lowest BCUT2D eigenvalue weighted by atomic mass is 10.0. The third kappa shape index (κ3) is 0.788. The third-order valence-electron chi connectivity index (χ3n) is 2.56. The molecule has 0 radical (unpaired) electrons. The van der Waals surface area contributed by atoms with Crippen LogP contribution >= 0.6 is 0 Å². The van der Waals surface area contributed by atoms with Crippen molar-refractivity contribution < 1.29 is 0 Å². The molecule has 0 saturated heterocycles. The summed E-state index contributed by atoms with van der Waals surface area (Å²) in [5.74, 6) is 0. The van der Waals surface area contributed by atoms with Crippen LogP contribution in [0.4, 0.5) is 5.69 Å². The number of rotatable bonds is 0. The largest absolute Gasteiger partial charge is 0.252 e. The van der Waals surface area contributed by atoms with Crippen molar-refractivity contribution in [3.8, 4) is 0 Å². The van der Waals surface area contributed by atoms with Gasteiger partial charge in [0.25, 0.3) is 0 Å². The molecule has 2 aromatic carbocycles. The van der Waals surface area contributed by atoms with Gasteiger partial charge in [-0.05, 0) is 18.4 Å². The highest BCUT2D eigenvalue weighted by molar-refractivity contribution is 6.18. The van der Waals surface area contributed by atoms with Gasteiger partial charge in [0, 0.05) is 16.7 Å². The predicted octanol–water partition coefficient (Wildman–Crippen LogP) is 3.29. The van der Waals surface area contributed by atoms with Gasteiger partial charge in [-0.15, -0.1) is 0 Å². The van der Waals surface area contributed by atoms with Crippen LogP contribution in [-0.4, -0.2) is 5.71 Å². The lowest BCUT2D eigenvalue weighted by Crippen LogP contribution is -1.88. The van der Waals surface area contributed by atoms with Crippen LogP contribution in [-0.2, 0) is 0 Å². The first-order valence-electron chi connectivity index (χ1n) is 4.44. The molecule has 0 atom stereocenters. The molecule has 1 heteroatoms. The highest BCUT2D eigenvalue weighted by atomic mass is 14.8. The van der Waals surface area contributed by atoms with Gasteiger partial charge in [-0.2, -0.15) is 0 Å². The van der Waals surface area contributed by atoms with E-state index in [1.165, 1.54) is 16.3 Å². The zero-order valence-electron chi connectivity index (χ0n) is 7.41. The zero-order chi connectivity index (χ0) is 8.84. The molecule has 0 spiro atoms. The summed E-state index contributed by atoms with van der Waals surface area (Å²) in [6.07, 6.45) is 0. The smallest absolute Gasteiger partial charge is 0.0718 e. The summed E-state index contributed by atoms with van der Waals surface area (Å²) in [6.45, 7) is 2.06. The van der Waals surface area contributed by atoms with E-state index in [4.69, 9.17) is 0 Å². The van der Waals surface area contributed by atoms with Crippen molar-refractivity contribution in [1.29, 1.82) is 0 Å². The van der Waals surface area contributed by atoms with Crippen LogP contribution in [0.15, 0.2) is 41.4 Å². The normalized spacial score (nSPS) is 13.5. The number of hydrogen-bond acceptors (Lipinski definition) is 1. The van der Waals surface area contributed by atoms with Crippen LogP contribution in [0.1, 0.15) is 12.5 Å². The molecule has 0 aromatic heterocycles. The predicted molar refractivity (Wildman–Crippen MR) is 55.8 cm³/mol. The van der Waals surface area contributed by atoms with Gasteiger partial charge in [-0.25, -0.2) is 0 Å². The Morgan fingerprint density at radius 2 is 1.77 bits per heavy atom. The van der Waals surface area contributed by atoms with Crippen LogP contribution in [0.3, 0.4) is 0 Å². The molecule has 1 heterocycles. The van der Waals surface area contributed by atoms with Crippen LogP contribution in [0.25, 0.3) is 10.8 Å². The van der Waals surface area contributed by atoms with E-state index >= 15 is 0 Å². The standard InChI is InChI=1S/C12H9N/c1-8-10-6-2-4-9-5-3-7-11(13-8)12(9)10/h2-7H,1H3. The number of benzene rings is 2. The first-order valence-corrected chi connectivity index (χ1v) is 4.44. The van der Waals surface area contributed by atoms with Gasteiger partial charge in [0.05, 0.1) is 5.69 Å². The maximum absolute atomic E-state index is 4.51. The quantitative estimate of drug-likeness (QED) is 0.571. The van der Waals surface area contributed by atoms with Crippen molar-refractivity contribution in [1.82, 2.24) is 0 Å². The van der Waals surface area contributed by atoms with E-state index in [0.29, 0.717) is 0 Å². The molecule has 1 aliphatic heterocycles. The Labute approximate surface area is 76.7 Å². The minimum Gasteiger partial charge on any atom is -0.252 e. The SMILES string of the molecule is CC1=Nc2cccc3cccc1c23. The van der Waals surface area contributed by atoms with Crippen LogP contribution in [0.2, 0.25) is 0 Å². The monoisotopic (exact) mass is 167 g/mol. The van der Waals surface area contributed by atoms with Crippen molar-refractivity contribution in [2.24, 2.45) is 4.99 Å². The molecule has 0 fully saturated rings. The summed E-state index contributed by atoms with van der Waals surface area (Å²) in [6, 6.07) is 12.6. The van der Waals surface area contributed by atoms with Crippen molar-refractivity contribution in [3.63, 3.8) is 0 Å². The Morgan fingerprint density at radius 3 is 2.62 bits per heavy atom. The maximum atomic E-state index is 4.51. The van der Waals surface area contributed by atoms with Crippen LogP contribution in [0.5, 0.6) is 0 Å². The second-order valence-electron chi connectivity index (χ2n) is 3.38. The minimum absolute atomic E-state index is 1.12. The van der Waals surface area contributed by atoms with Gasteiger partial charge in [0.2, 0.25) is 0 Å². The van der Waals surface area contributed by atoms with Crippen molar-refractivity contribution in [2.45, 2.75) is 6.92 Å². The van der Waals surface area contributed by atoms with E-state index in [1.54, 1.807) is 0 Å². The fraction of sp³-hybridized carbons (Fsp3) is 0.0833. The number of nitrogens with zero attached hydrogens (tertiary/aromatic N) is 1. The molecule has 0 N–H and O–H groups in total. The fourth-order valence-electron chi connectivity index (χ4n) is 1.96. The fourth-order valence-corrected chi connectivity index (χ4v) is 1.96. The second-order valence-corrected chi connectivity index (χ2v) is 3.38. The Balaban J connectivity index is 2.59. The molecule has 0 bridgehead atoms. The van der Waals surface area contributed by atoms with E-state index in [2.05, 4.69) is 48.3 Å². The van der Waals surface area contributed by atoms with Gasteiger partial charge >= 0.3 is 0 Å². The maximum Gasteiger partial charge on any atom is 0.0718 e. The minimum atomic E-state index is 1.12. The lowest BCUT2D eigenvalue weighted by molar-refractivity contribution is 1.58. The summed E-state index contributed by atoms with van der Waals surface area (Å²) in [7, 11) is 0. The highest BCUT2D eigenvalue weighted by Gasteiger charge is 2.13. The summed E-state index contributed by atoms with van der Waals surface area (Å²) in [5, 5.41) is 2.60. The molecule has 1 nitrogen and oxygen atoms in total. The molecule has 3 rings (SSSR count). The Bertz CT molecular complexity index is 518. The summed E-state index contributed by atoms with van der Waals surface area (Å²) < 4.78 is 0. The first-order chi connectivity index (χ1) is 6.36. The summed E-state index contributed by atoms with van der Waals surface area (Å²) >= 11 is 0. The molecule has 0 unspecified atom stereocenters. The number of aliphatic imine (C=N–C) groups is 1. The van der Waals surface area contributed by atoms with Gasteiger partial charge in [-0.1, -0.05) is 30.3 Å². The highest BCUT2D eigenvalue weighted by Crippen LogP contribution is 2.34. The van der Waals surface area contributed by atoms with Crippen molar-refractivity contribution in [3.05, 3.63) is 42.0 Å². The van der Waals surface area contributed by atoms with E-state index in [1.807, 2.05) is 0 Å². The van der Waals surface area contributed by atoms with Crippen LogP contribution < -0.4 is 0 Å². The molecule has 0 aliphatic carbocycles. The first kappa shape index (κ1) is 6.84. The van der Waals surface area contributed by atoms with Crippen molar-refractivity contribution >= 4 is 22.2 Å². The van der Waals surface area contributed by atoms with E-state index < -0.39 is 0 Å². The molecule has 13 heavy (non-hydrogen) atoms. The topological polar surface area (TPSA) is 12.4 Å². The molecular formula is C12H9N. The van der Waals surface area contributed by atoms with Gasteiger partial charge in [0.1, 0.15) is 0 Å². The lowest BCUT2D eigenvalue weighted by Gasteiger charge is -1.99. The number of hydrogen-bond donors (Lipinski definition) is 0. The van der Waals surface area contributed by atoms with Gasteiger partial charge in [-0.3, -0.25) is 4.99 Å². The van der Waals surface area contributed by atoms with Gasteiger partial charge in [0.15, 0.2) is 0 Å². The van der Waals surface area contributed by atoms with E-state index in [0.717, 1.165) is 11.4 Å². The third-order valence-corrected chi connectivity index (χ3v) is 2.56.